The molecule has 1 heterocycles. The second-order valence-corrected chi connectivity index (χ2v) is 4.97. The van der Waals surface area contributed by atoms with Crippen molar-refractivity contribution in [3.05, 3.63) is 34.7 Å². The summed E-state index contributed by atoms with van der Waals surface area (Å²) in [6.45, 7) is 3.88. The molecule has 1 fully saturated rings. The number of aromatic nitrogens is 1. The molecule has 17 heavy (non-hydrogen) atoms. The van der Waals surface area contributed by atoms with Gasteiger partial charge < -0.3 is 9.88 Å². The summed E-state index contributed by atoms with van der Waals surface area (Å²) in [4.78, 5) is 11.5. The van der Waals surface area contributed by atoms with E-state index in [1.807, 2.05) is 12.3 Å². The Kier molecular flexibility index (Phi) is 4.37. The first-order chi connectivity index (χ1) is 8.29. The van der Waals surface area contributed by atoms with E-state index in [9.17, 15) is 4.79 Å². The lowest BCUT2D eigenvalue weighted by atomic mass is 10.1. The number of hydrogen-bond donors (Lipinski definition) is 1. The Morgan fingerprint density at radius 3 is 2.94 bits per heavy atom. The van der Waals surface area contributed by atoms with Crippen LogP contribution in [0.25, 0.3) is 0 Å². The summed E-state index contributed by atoms with van der Waals surface area (Å²) < 4.78 is 1.76. The Hall–Kier alpha value is -1.09. The van der Waals surface area contributed by atoms with Crippen LogP contribution in [0.1, 0.15) is 32.6 Å². The fourth-order valence-electron chi connectivity index (χ4n) is 2.18. The van der Waals surface area contributed by atoms with Gasteiger partial charge in [-0.2, -0.15) is 0 Å². The number of nitrogens with one attached hydrogen (secondary N) is 1. The van der Waals surface area contributed by atoms with Gasteiger partial charge in [0.1, 0.15) is 0 Å². The molecule has 0 aromatic carbocycles. The fraction of sp³-hybridized carbons (Fsp3) is 0.643. The monoisotopic (exact) mass is 234 g/mol. The summed E-state index contributed by atoms with van der Waals surface area (Å²) in [5.41, 5.74) is 0.0875. The van der Waals surface area contributed by atoms with Gasteiger partial charge in [0.15, 0.2) is 0 Å². The number of pyridine rings is 1. The van der Waals surface area contributed by atoms with Crippen molar-refractivity contribution in [1.82, 2.24) is 9.88 Å². The Bertz CT molecular complexity index is 395. The highest BCUT2D eigenvalue weighted by Crippen LogP contribution is 2.33. The van der Waals surface area contributed by atoms with E-state index in [2.05, 4.69) is 12.2 Å². The van der Waals surface area contributed by atoms with Gasteiger partial charge >= 0.3 is 0 Å². The molecule has 94 valence electrons. The van der Waals surface area contributed by atoms with E-state index < -0.39 is 0 Å². The van der Waals surface area contributed by atoms with Crippen LogP contribution in [-0.2, 0) is 6.54 Å². The maximum Gasteiger partial charge on any atom is 0.250 e. The van der Waals surface area contributed by atoms with Crippen LogP contribution in [0, 0.1) is 5.92 Å². The van der Waals surface area contributed by atoms with Crippen LogP contribution in [0.5, 0.6) is 0 Å². The van der Waals surface area contributed by atoms with Crippen molar-refractivity contribution < 1.29 is 0 Å². The molecule has 1 unspecified atom stereocenters. The highest BCUT2D eigenvalue weighted by molar-refractivity contribution is 4.93. The summed E-state index contributed by atoms with van der Waals surface area (Å²) in [7, 11) is 0. The van der Waals surface area contributed by atoms with Crippen molar-refractivity contribution in [2.24, 2.45) is 5.92 Å². The first-order valence-corrected chi connectivity index (χ1v) is 6.68. The van der Waals surface area contributed by atoms with Gasteiger partial charge in [-0.1, -0.05) is 25.8 Å². The number of rotatable bonds is 7. The molecule has 1 aromatic heterocycles. The molecule has 1 aromatic rings. The lowest BCUT2D eigenvalue weighted by Crippen LogP contribution is -2.33. The minimum absolute atomic E-state index is 0.0875. The van der Waals surface area contributed by atoms with Crippen molar-refractivity contribution in [3.63, 3.8) is 0 Å². The van der Waals surface area contributed by atoms with Gasteiger partial charge in [-0.05, 0) is 24.8 Å². The van der Waals surface area contributed by atoms with Crippen molar-refractivity contribution in [2.75, 3.05) is 6.54 Å². The lowest BCUT2D eigenvalue weighted by molar-refractivity contribution is 0.431. The molecule has 1 N–H and O–H groups in total. The highest BCUT2D eigenvalue weighted by Gasteiger charge is 2.24. The molecular weight excluding hydrogens is 212 g/mol. The van der Waals surface area contributed by atoms with Crippen molar-refractivity contribution >= 4 is 0 Å². The van der Waals surface area contributed by atoms with Crippen molar-refractivity contribution in [1.29, 1.82) is 0 Å². The zero-order valence-corrected chi connectivity index (χ0v) is 10.6. The third kappa shape index (κ3) is 4.00. The maximum atomic E-state index is 11.5. The molecule has 1 aliphatic carbocycles. The topological polar surface area (TPSA) is 34.0 Å². The average molecular weight is 234 g/mol. The molecule has 0 radical (unpaired) electrons. The standard InChI is InChI=1S/C14H22N2O/c1-2-13(11-12-6-7-12)15-8-10-16-9-4-3-5-14(16)17/h3-5,9,12-13,15H,2,6-8,10-11H2,1H3. The summed E-state index contributed by atoms with van der Waals surface area (Å²) in [6, 6.07) is 5.93. The summed E-state index contributed by atoms with van der Waals surface area (Å²) >= 11 is 0. The number of hydrogen-bond acceptors (Lipinski definition) is 2. The van der Waals surface area contributed by atoms with Crippen LogP contribution in [0.15, 0.2) is 29.2 Å². The molecule has 2 rings (SSSR count). The molecule has 0 amide bonds. The van der Waals surface area contributed by atoms with Gasteiger partial charge in [0.05, 0.1) is 0 Å². The second kappa shape index (κ2) is 6.01. The predicted molar refractivity (Wildman–Crippen MR) is 70.1 cm³/mol. The molecule has 0 spiro atoms. The Labute approximate surface area is 103 Å². The van der Waals surface area contributed by atoms with E-state index in [1.54, 1.807) is 16.7 Å². The van der Waals surface area contributed by atoms with E-state index in [4.69, 9.17) is 0 Å². The van der Waals surface area contributed by atoms with E-state index in [0.717, 1.165) is 19.0 Å². The Morgan fingerprint density at radius 2 is 2.29 bits per heavy atom. The molecule has 3 nitrogen and oxygen atoms in total. The van der Waals surface area contributed by atoms with Crippen LogP contribution in [0.3, 0.4) is 0 Å². The smallest absolute Gasteiger partial charge is 0.250 e. The van der Waals surface area contributed by atoms with E-state index in [-0.39, 0.29) is 5.56 Å². The van der Waals surface area contributed by atoms with Crippen LogP contribution >= 0.6 is 0 Å². The van der Waals surface area contributed by atoms with Gasteiger partial charge in [0.25, 0.3) is 5.56 Å². The molecule has 1 aliphatic rings. The maximum absolute atomic E-state index is 11.5. The van der Waals surface area contributed by atoms with Crippen LogP contribution < -0.4 is 10.9 Å². The minimum atomic E-state index is 0.0875. The third-order valence-corrected chi connectivity index (χ3v) is 3.49. The molecule has 1 atom stereocenters. The zero-order chi connectivity index (χ0) is 12.1. The van der Waals surface area contributed by atoms with Gasteiger partial charge in [0.2, 0.25) is 0 Å². The Morgan fingerprint density at radius 1 is 1.47 bits per heavy atom. The van der Waals surface area contributed by atoms with Gasteiger partial charge in [-0.15, -0.1) is 0 Å². The first-order valence-electron chi connectivity index (χ1n) is 6.68. The summed E-state index contributed by atoms with van der Waals surface area (Å²) in [5.74, 6) is 0.965. The molecule has 0 saturated heterocycles. The lowest BCUT2D eigenvalue weighted by Gasteiger charge is -2.16. The second-order valence-electron chi connectivity index (χ2n) is 4.97. The quantitative estimate of drug-likeness (QED) is 0.783. The van der Waals surface area contributed by atoms with E-state index >= 15 is 0 Å². The molecule has 0 aliphatic heterocycles. The fourth-order valence-corrected chi connectivity index (χ4v) is 2.18. The molecule has 1 saturated carbocycles. The molecular formula is C14H22N2O. The summed E-state index contributed by atoms with van der Waals surface area (Å²) in [5, 5.41) is 3.56. The van der Waals surface area contributed by atoms with Crippen LogP contribution in [0.4, 0.5) is 0 Å². The van der Waals surface area contributed by atoms with Crippen molar-refractivity contribution in [2.45, 2.75) is 45.2 Å². The predicted octanol–water partition coefficient (Wildman–Crippen LogP) is 2.02. The van der Waals surface area contributed by atoms with Gasteiger partial charge in [0, 0.05) is 31.4 Å². The summed E-state index contributed by atoms with van der Waals surface area (Å²) in [6.07, 6.45) is 7.17. The SMILES string of the molecule is CCC(CC1CC1)NCCn1ccccc1=O. The molecule has 0 bridgehead atoms. The average Bonchev–Trinajstić information content (AvgIpc) is 3.14. The minimum Gasteiger partial charge on any atom is -0.314 e. The normalized spacial score (nSPS) is 17.0. The van der Waals surface area contributed by atoms with Gasteiger partial charge in [-0.3, -0.25) is 4.79 Å². The third-order valence-electron chi connectivity index (χ3n) is 3.49. The molecule has 3 heteroatoms. The van der Waals surface area contributed by atoms with Gasteiger partial charge in [-0.25, -0.2) is 0 Å². The highest BCUT2D eigenvalue weighted by atomic mass is 16.1. The largest absolute Gasteiger partial charge is 0.314 e. The van der Waals surface area contributed by atoms with E-state index in [0.29, 0.717) is 6.04 Å². The van der Waals surface area contributed by atoms with Crippen molar-refractivity contribution in [3.8, 4) is 0 Å². The zero-order valence-electron chi connectivity index (χ0n) is 10.6. The number of nitrogens with zero attached hydrogens (tertiary/aromatic N) is 1. The van der Waals surface area contributed by atoms with Crippen LogP contribution in [-0.4, -0.2) is 17.2 Å². The van der Waals surface area contributed by atoms with Crippen LogP contribution in [0.2, 0.25) is 0 Å². The van der Waals surface area contributed by atoms with E-state index in [1.165, 1.54) is 25.7 Å². The first kappa shape index (κ1) is 12.4. The Balaban J connectivity index is 1.74.